The molecule has 24 heavy (non-hydrogen) atoms. The predicted molar refractivity (Wildman–Crippen MR) is 71.6 cm³/mol. The maximum Gasteiger partial charge on any atom is 0.471 e. The van der Waals surface area contributed by atoms with E-state index in [9.17, 15) is 18.0 Å². The summed E-state index contributed by atoms with van der Waals surface area (Å²) in [4.78, 5) is 14.6. The SMILES string of the molecule is COC(=O)c1cc(-c2ccc(-c3noc(C(F)(F)F)n3)cc2)no1. The molecule has 0 aliphatic heterocycles. The first-order valence-electron chi connectivity index (χ1n) is 6.45. The van der Waals surface area contributed by atoms with Gasteiger partial charge in [0.1, 0.15) is 5.69 Å². The molecule has 0 radical (unpaired) electrons. The molecule has 124 valence electrons. The summed E-state index contributed by atoms with van der Waals surface area (Å²) >= 11 is 0. The molecule has 0 amide bonds. The third kappa shape index (κ3) is 2.98. The number of carbonyl (C=O) groups excluding carboxylic acids is 1. The van der Waals surface area contributed by atoms with Gasteiger partial charge in [-0.15, -0.1) is 0 Å². The highest BCUT2D eigenvalue weighted by Crippen LogP contribution is 2.30. The van der Waals surface area contributed by atoms with Gasteiger partial charge in [-0.1, -0.05) is 34.6 Å². The van der Waals surface area contributed by atoms with Crippen LogP contribution >= 0.6 is 0 Å². The summed E-state index contributed by atoms with van der Waals surface area (Å²) in [6.45, 7) is 0. The van der Waals surface area contributed by atoms with Crippen molar-refractivity contribution in [1.82, 2.24) is 15.3 Å². The normalized spacial score (nSPS) is 11.5. The number of carbonyl (C=O) groups is 1. The van der Waals surface area contributed by atoms with Crippen LogP contribution in [-0.2, 0) is 10.9 Å². The maximum absolute atomic E-state index is 12.4. The summed E-state index contributed by atoms with van der Waals surface area (Å²) in [5, 5.41) is 7.01. The Labute approximate surface area is 132 Å². The monoisotopic (exact) mass is 339 g/mol. The van der Waals surface area contributed by atoms with Crippen LogP contribution in [0.15, 0.2) is 39.4 Å². The van der Waals surface area contributed by atoms with Crippen molar-refractivity contribution in [3.8, 4) is 22.6 Å². The van der Waals surface area contributed by atoms with E-state index in [-0.39, 0.29) is 11.6 Å². The van der Waals surface area contributed by atoms with E-state index in [2.05, 4.69) is 24.6 Å². The number of methoxy groups -OCH3 is 1. The molecule has 3 aromatic rings. The third-order valence-corrected chi connectivity index (χ3v) is 3.00. The Balaban J connectivity index is 1.84. The Morgan fingerprint density at radius 2 is 1.75 bits per heavy atom. The molecule has 2 aromatic heterocycles. The lowest BCUT2D eigenvalue weighted by molar-refractivity contribution is -0.159. The second-order valence-electron chi connectivity index (χ2n) is 4.57. The first-order valence-corrected chi connectivity index (χ1v) is 6.45. The zero-order chi connectivity index (χ0) is 17.3. The molecule has 0 atom stereocenters. The summed E-state index contributed by atoms with van der Waals surface area (Å²) in [6, 6.07) is 7.51. The standard InChI is InChI=1S/C14H8F3N3O4/c1-22-12(21)10-6-9(19-23-10)7-2-4-8(5-3-7)11-18-13(24-20-11)14(15,16)17/h2-6H,1H3. The van der Waals surface area contributed by atoms with Gasteiger partial charge in [0, 0.05) is 17.2 Å². The van der Waals surface area contributed by atoms with Crippen LogP contribution in [0, 0.1) is 0 Å². The molecule has 0 saturated heterocycles. The quantitative estimate of drug-likeness (QED) is 0.677. The lowest BCUT2D eigenvalue weighted by atomic mass is 10.1. The smallest absolute Gasteiger partial charge is 0.463 e. The van der Waals surface area contributed by atoms with Crippen molar-refractivity contribution in [2.45, 2.75) is 6.18 Å². The van der Waals surface area contributed by atoms with Crippen LogP contribution in [0.5, 0.6) is 0 Å². The van der Waals surface area contributed by atoms with E-state index >= 15 is 0 Å². The van der Waals surface area contributed by atoms with E-state index in [1.807, 2.05) is 0 Å². The van der Waals surface area contributed by atoms with Gasteiger partial charge >= 0.3 is 18.0 Å². The van der Waals surface area contributed by atoms with Crippen molar-refractivity contribution >= 4 is 5.97 Å². The van der Waals surface area contributed by atoms with E-state index < -0.39 is 18.0 Å². The van der Waals surface area contributed by atoms with Crippen molar-refractivity contribution in [3.05, 3.63) is 42.0 Å². The fourth-order valence-corrected chi connectivity index (χ4v) is 1.85. The predicted octanol–water partition coefficient (Wildman–Crippen LogP) is 3.20. The number of ether oxygens (including phenoxy) is 1. The van der Waals surface area contributed by atoms with Crippen LogP contribution < -0.4 is 0 Å². The highest BCUT2D eigenvalue weighted by atomic mass is 19.4. The van der Waals surface area contributed by atoms with E-state index in [1.54, 1.807) is 12.1 Å². The van der Waals surface area contributed by atoms with Gasteiger partial charge in [0.2, 0.25) is 11.6 Å². The van der Waals surface area contributed by atoms with E-state index in [0.717, 1.165) is 0 Å². The minimum Gasteiger partial charge on any atom is -0.463 e. The Kier molecular flexibility index (Phi) is 3.80. The number of hydrogen-bond donors (Lipinski definition) is 0. The number of alkyl halides is 3. The highest BCUT2D eigenvalue weighted by molar-refractivity contribution is 5.87. The first-order chi connectivity index (χ1) is 11.4. The lowest BCUT2D eigenvalue weighted by Gasteiger charge is -1.98. The molecule has 3 rings (SSSR count). The summed E-state index contributed by atoms with van der Waals surface area (Å²) in [6.07, 6.45) is -4.70. The number of rotatable bonds is 3. The second kappa shape index (κ2) is 5.80. The number of aromatic nitrogens is 3. The van der Waals surface area contributed by atoms with Crippen LogP contribution in [-0.4, -0.2) is 28.4 Å². The average molecular weight is 339 g/mol. The van der Waals surface area contributed by atoms with Gasteiger partial charge in [-0.2, -0.15) is 18.2 Å². The third-order valence-electron chi connectivity index (χ3n) is 3.00. The summed E-state index contributed by atoms with van der Waals surface area (Å²) in [5.74, 6) is -2.34. The van der Waals surface area contributed by atoms with Crippen LogP contribution in [0.3, 0.4) is 0 Å². The lowest BCUT2D eigenvalue weighted by Crippen LogP contribution is -2.04. The molecule has 0 N–H and O–H groups in total. The second-order valence-corrected chi connectivity index (χ2v) is 4.57. The molecule has 2 heterocycles. The van der Waals surface area contributed by atoms with Crippen molar-refractivity contribution < 1.29 is 31.7 Å². The van der Waals surface area contributed by atoms with Gasteiger partial charge in [0.25, 0.3) is 0 Å². The van der Waals surface area contributed by atoms with Gasteiger partial charge < -0.3 is 13.8 Å². The van der Waals surface area contributed by atoms with Crippen LogP contribution in [0.25, 0.3) is 22.6 Å². The molecule has 0 aliphatic rings. The number of esters is 1. The Bertz CT molecular complexity index is 868. The molecule has 0 fully saturated rings. The van der Waals surface area contributed by atoms with E-state index in [0.29, 0.717) is 16.8 Å². The molecular formula is C14H8F3N3O4. The number of hydrogen-bond acceptors (Lipinski definition) is 7. The van der Waals surface area contributed by atoms with Crippen LogP contribution in [0.2, 0.25) is 0 Å². The van der Waals surface area contributed by atoms with Gasteiger partial charge in [-0.3, -0.25) is 0 Å². The van der Waals surface area contributed by atoms with Gasteiger partial charge in [0.15, 0.2) is 0 Å². The molecule has 1 aromatic carbocycles. The molecule has 10 heteroatoms. The van der Waals surface area contributed by atoms with Gasteiger partial charge in [-0.25, -0.2) is 4.79 Å². The Morgan fingerprint density at radius 3 is 2.33 bits per heavy atom. The summed E-state index contributed by atoms with van der Waals surface area (Å²) < 4.78 is 50.9. The highest BCUT2D eigenvalue weighted by Gasteiger charge is 2.38. The first kappa shape index (κ1) is 15.7. The number of nitrogens with zero attached hydrogens (tertiary/aromatic N) is 3. The Hall–Kier alpha value is -3.17. The van der Waals surface area contributed by atoms with Gasteiger partial charge in [0.05, 0.1) is 7.11 Å². The van der Waals surface area contributed by atoms with Crippen LogP contribution in [0.4, 0.5) is 13.2 Å². The van der Waals surface area contributed by atoms with E-state index in [1.165, 1.54) is 25.3 Å². The number of benzene rings is 1. The topological polar surface area (TPSA) is 91.2 Å². The van der Waals surface area contributed by atoms with Crippen molar-refractivity contribution in [2.75, 3.05) is 7.11 Å². The molecule has 7 nitrogen and oxygen atoms in total. The molecule has 0 bridgehead atoms. The number of halogens is 3. The van der Waals surface area contributed by atoms with Gasteiger partial charge in [-0.05, 0) is 0 Å². The molecule has 0 unspecified atom stereocenters. The molecule has 0 saturated carbocycles. The van der Waals surface area contributed by atoms with Crippen molar-refractivity contribution in [3.63, 3.8) is 0 Å². The van der Waals surface area contributed by atoms with Crippen molar-refractivity contribution in [1.29, 1.82) is 0 Å². The van der Waals surface area contributed by atoms with E-state index in [4.69, 9.17) is 4.52 Å². The fourth-order valence-electron chi connectivity index (χ4n) is 1.85. The van der Waals surface area contributed by atoms with Crippen LogP contribution in [0.1, 0.15) is 16.4 Å². The summed E-state index contributed by atoms with van der Waals surface area (Å²) in [7, 11) is 1.21. The minimum atomic E-state index is -4.70. The fraction of sp³-hybridized carbons (Fsp3) is 0.143. The Morgan fingerprint density at radius 1 is 1.08 bits per heavy atom. The average Bonchev–Trinajstić information content (AvgIpc) is 3.23. The largest absolute Gasteiger partial charge is 0.471 e. The molecule has 0 aliphatic carbocycles. The zero-order valence-corrected chi connectivity index (χ0v) is 12.0. The molecular weight excluding hydrogens is 331 g/mol. The summed E-state index contributed by atoms with van der Waals surface area (Å²) in [5.41, 5.74) is 1.28. The zero-order valence-electron chi connectivity index (χ0n) is 12.0. The minimum absolute atomic E-state index is 0.0652. The molecule has 0 spiro atoms. The van der Waals surface area contributed by atoms with Crippen molar-refractivity contribution in [2.24, 2.45) is 0 Å². The maximum atomic E-state index is 12.4.